The molecule has 2 atom stereocenters. The van der Waals surface area contributed by atoms with Crippen LogP contribution in [0.1, 0.15) is 59.5 Å². The molecule has 3 amide bonds. The summed E-state index contributed by atoms with van der Waals surface area (Å²) in [7, 11) is 1.71. The molecule has 0 saturated carbocycles. The Hall–Kier alpha value is -3.81. The SMILES string of the molecule is CC(C)CC(C(=O)N(C)C(C)c1ccc(-n2cncn2)cc1)N1C(=O)c2ccccc2C1=O. The predicted octanol–water partition coefficient (Wildman–Crippen LogP) is 3.50. The Bertz CT molecular complexity index is 1140. The molecule has 2 unspecified atom stereocenters. The van der Waals surface area contributed by atoms with Gasteiger partial charge >= 0.3 is 0 Å². The van der Waals surface area contributed by atoms with Crippen LogP contribution < -0.4 is 0 Å². The van der Waals surface area contributed by atoms with Crippen LogP contribution in [0.25, 0.3) is 5.69 Å². The third-order valence-electron chi connectivity index (χ3n) is 6.10. The summed E-state index contributed by atoms with van der Waals surface area (Å²) in [5.74, 6) is -0.958. The number of likely N-dealkylation sites (N-methyl/N-ethyl adjacent to an activating group) is 1. The van der Waals surface area contributed by atoms with Gasteiger partial charge in [0.1, 0.15) is 18.7 Å². The first-order valence-corrected chi connectivity index (χ1v) is 11.0. The van der Waals surface area contributed by atoms with Gasteiger partial charge in [-0.15, -0.1) is 0 Å². The summed E-state index contributed by atoms with van der Waals surface area (Å²) < 4.78 is 1.66. The molecule has 0 aliphatic carbocycles. The van der Waals surface area contributed by atoms with Crippen molar-refractivity contribution in [2.24, 2.45) is 5.92 Å². The Morgan fingerprint density at radius 3 is 2.09 bits per heavy atom. The molecular formula is C25H27N5O3. The quantitative estimate of drug-likeness (QED) is 0.520. The Labute approximate surface area is 192 Å². The summed E-state index contributed by atoms with van der Waals surface area (Å²) >= 11 is 0. The van der Waals surface area contributed by atoms with Crippen LogP contribution in [0, 0.1) is 5.92 Å². The second kappa shape index (κ2) is 8.97. The average molecular weight is 446 g/mol. The van der Waals surface area contributed by atoms with Crippen molar-refractivity contribution in [3.8, 4) is 5.69 Å². The molecule has 0 saturated heterocycles. The monoisotopic (exact) mass is 445 g/mol. The van der Waals surface area contributed by atoms with Crippen LogP contribution in [-0.4, -0.2) is 55.4 Å². The van der Waals surface area contributed by atoms with Gasteiger partial charge < -0.3 is 4.90 Å². The number of amides is 3. The van der Waals surface area contributed by atoms with Crippen LogP contribution >= 0.6 is 0 Å². The number of carbonyl (C=O) groups excluding carboxylic acids is 3. The summed E-state index contributed by atoms with van der Waals surface area (Å²) in [6, 6.07) is 13.3. The molecule has 0 fully saturated rings. The summed E-state index contributed by atoms with van der Waals surface area (Å²) in [5.41, 5.74) is 2.49. The van der Waals surface area contributed by atoms with Crippen LogP contribution in [-0.2, 0) is 4.79 Å². The van der Waals surface area contributed by atoms with Crippen LogP contribution in [0.2, 0.25) is 0 Å². The van der Waals surface area contributed by atoms with Crippen molar-refractivity contribution in [2.75, 3.05) is 7.05 Å². The minimum Gasteiger partial charge on any atom is -0.337 e. The molecule has 8 nitrogen and oxygen atoms in total. The summed E-state index contributed by atoms with van der Waals surface area (Å²) in [6.45, 7) is 5.88. The predicted molar refractivity (Wildman–Crippen MR) is 123 cm³/mol. The van der Waals surface area contributed by atoms with Crippen LogP contribution in [0.4, 0.5) is 0 Å². The minimum absolute atomic E-state index is 0.119. The van der Waals surface area contributed by atoms with E-state index in [1.54, 1.807) is 47.2 Å². The van der Waals surface area contributed by atoms with Crippen molar-refractivity contribution in [1.82, 2.24) is 24.6 Å². The van der Waals surface area contributed by atoms with E-state index in [-0.39, 0.29) is 17.9 Å². The van der Waals surface area contributed by atoms with Crippen LogP contribution in [0.3, 0.4) is 0 Å². The van der Waals surface area contributed by atoms with Crippen molar-refractivity contribution in [2.45, 2.75) is 39.3 Å². The van der Waals surface area contributed by atoms with E-state index in [1.165, 1.54) is 6.33 Å². The number of nitrogens with zero attached hydrogens (tertiary/aromatic N) is 5. The van der Waals surface area contributed by atoms with Gasteiger partial charge in [0.25, 0.3) is 11.8 Å². The second-order valence-electron chi connectivity index (χ2n) is 8.73. The molecule has 0 radical (unpaired) electrons. The fraction of sp³-hybridized carbons (Fsp3) is 0.320. The van der Waals surface area contributed by atoms with Gasteiger partial charge in [0.2, 0.25) is 5.91 Å². The number of aromatic nitrogens is 3. The standard InChI is InChI=1S/C25H27N5O3/c1-16(2)13-22(30-23(31)20-7-5-6-8-21(20)24(30)32)25(33)28(4)17(3)18-9-11-19(12-10-18)29-15-26-14-27-29/h5-12,14-17,22H,13H2,1-4H3. The zero-order valence-electron chi connectivity index (χ0n) is 19.2. The number of carbonyl (C=O) groups is 3. The van der Waals surface area contributed by atoms with Gasteiger partial charge in [0, 0.05) is 7.05 Å². The maximum absolute atomic E-state index is 13.6. The highest BCUT2D eigenvalue weighted by atomic mass is 16.2. The Morgan fingerprint density at radius 1 is 0.970 bits per heavy atom. The fourth-order valence-corrected chi connectivity index (χ4v) is 4.15. The van der Waals surface area contributed by atoms with Gasteiger partial charge in [-0.2, -0.15) is 5.10 Å². The number of hydrogen-bond donors (Lipinski definition) is 0. The van der Waals surface area contributed by atoms with Crippen molar-refractivity contribution < 1.29 is 14.4 Å². The molecule has 1 aliphatic rings. The molecule has 4 rings (SSSR count). The molecule has 0 spiro atoms. The van der Waals surface area contributed by atoms with E-state index in [2.05, 4.69) is 10.1 Å². The number of imide groups is 1. The van der Waals surface area contributed by atoms with Crippen LogP contribution in [0.5, 0.6) is 0 Å². The second-order valence-corrected chi connectivity index (χ2v) is 8.73. The highest BCUT2D eigenvalue weighted by Gasteiger charge is 2.44. The highest BCUT2D eigenvalue weighted by molar-refractivity contribution is 6.22. The number of fused-ring (bicyclic) bond motifs is 1. The van der Waals surface area contributed by atoms with E-state index in [1.807, 2.05) is 45.0 Å². The first-order chi connectivity index (χ1) is 15.8. The lowest BCUT2D eigenvalue weighted by molar-refractivity contribution is -0.136. The molecule has 3 aromatic rings. The van der Waals surface area contributed by atoms with E-state index in [0.29, 0.717) is 17.5 Å². The van der Waals surface area contributed by atoms with Crippen molar-refractivity contribution in [3.63, 3.8) is 0 Å². The van der Waals surface area contributed by atoms with E-state index in [4.69, 9.17) is 0 Å². The largest absolute Gasteiger partial charge is 0.337 e. The zero-order valence-corrected chi connectivity index (χ0v) is 19.2. The van der Waals surface area contributed by atoms with E-state index >= 15 is 0 Å². The van der Waals surface area contributed by atoms with Gasteiger partial charge in [0.05, 0.1) is 22.9 Å². The number of benzene rings is 2. The summed E-state index contributed by atoms with van der Waals surface area (Å²) in [5, 5.41) is 4.12. The number of rotatable bonds is 7. The van der Waals surface area contributed by atoms with Gasteiger partial charge in [-0.1, -0.05) is 38.1 Å². The average Bonchev–Trinajstić information content (AvgIpc) is 3.44. The molecule has 1 aromatic heterocycles. The first kappa shape index (κ1) is 22.4. The first-order valence-electron chi connectivity index (χ1n) is 11.0. The third-order valence-corrected chi connectivity index (χ3v) is 6.10. The Kier molecular flexibility index (Phi) is 6.09. The molecule has 170 valence electrons. The Morgan fingerprint density at radius 2 is 1.58 bits per heavy atom. The summed E-state index contributed by atoms with van der Waals surface area (Å²) in [4.78, 5) is 46.5. The molecule has 8 heteroatoms. The maximum atomic E-state index is 13.6. The fourth-order valence-electron chi connectivity index (χ4n) is 4.15. The van der Waals surface area contributed by atoms with Gasteiger partial charge in [-0.3, -0.25) is 19.3 Å². The lowest BCUT2D eigenvalue weighted by Gasteiger charge is -2.33. The third kappa shape index (κ3) is 4.16. The molecule has 33 heavy (non-hydrogen) atoms. The molecule has 0 N–H and O–H groups in total. The minimum atomic E-state index is -0.862. The van der Waals surface area contributed by atoms with E-state index in [0.717, 1.165) is 16.2 Å². The Balaban J connectivity index is 1.58. The van der Waals surface area contributed by atoms with Gasteiger partial charge in [-0.05, 0) is 49.1 Å². The van der Waals surface area contributed by atoms with Gasteiger partial charge in [0.15, 0.2) is 0 Å². The smallest absolute Gasteiger partial charge is 0.262 e. The number of hydrogen-bond acceptors (Lipinski definition) is 5. The van der Waals surface area contributed by atoms with Crippen molar-refractivity contribution >= 4 is 17.7 Å². The van der Waals surface area contributed by atoms with E-state index < -0.39 is 17.9 Å². The lowest BCUT2D eigenvalue weighted by Crippen LogP contribution is -2.51. The lowest BCUT2D eigenvalue weighted by atomic mass is 9.99. The summed E-state index contributed by atoms with van der Waals surface area (Å²) in [6.07, 6.45) is 3.48. The molecule has 2 aromatic carbocycles. The molecule has 1 aliphatic heterocycles. The van der Waals surface area contributed by atoms with Crippen molar-refractivity contribution in [3.05, 3.63) is 77.9 Å². The molecule has 0 bridgehead atoms. The normalized spacial score (nSPS) is 15.0. The molecular weight excluding hydrogens is 418 g/mol. The topological polar surface area (TPSA) is 88.4 Å². The van der Waals surface area contributed by atoms with E-state index in [9.17, 15) is 14.4 Å². The zero-order chi connectivity index (χ0) is 23.7. The van der Waals surface area contributed by atoms with Gasteiger partial charge in [-0.25, -0.2) is 9.67 Å². The van der Waals surface area contributed by atoms with Crippen molar-refractivity contribution in [1.29, 1.82) is 0 Å². The highest BCUT2D eigenvalue weighted by Crippen LogP contribution is 2.29. The maximum Gasteiger partial charge on any atom is 0.262 e. The molecule has 2 heterocycles. The van der Waals surface area contributed by atoms with Crippen LogP contribution in [0.15, 0.2) is 61.2 Å².